The van der Waals surface area contributed by atoms with E-state index in [0.717, 1.165) is 0 Å². The molecule has 0 bridgehead atoms. The van der Waals surface area contributed by atoms with Crippen LogP contribution in [0.1, 0.15) is 19.2 Å². The molecule has 0 radical (unpaired) electrons. The number of hydrogen-bond acceptors (Lipinski definition) is 3. The zero-order chi connectivity index (χ0) is 11.6. The maximum Gasteiger partial charge on any atom is 0.253 e. The maximum atomic E-state index is 13.3. The summed E-state index contributed by atoms with van der Waals surface area (Å²) in [6.45, 7) is 2.97. The van der Waals surface area contributed by atoms with Gasteiger partial charge in [-0.3, -0.25) is 4.90 Å². The molecule has 16 heavy (non-hydrogen) atoms. The molecular formula is C11H15F2N3. The van der Waals surface area contributed by atoms with Gasteiger partial charge in [-0.15, -0.1) is 0 Å². The van der Waals surface area contributed by atoms with Gasteiger partial charge in [-0.05, 0) is 6.07 Å². The summed E-state index contributed by atoms with van der Waals surface area (Å²) in [6, 6.07) is 1.75. The van der Waals surface area contributed by atoms with E-state index < -0.39 is 11.8 Å². The second-order valence-corrected chi connectivity index (χ2v) is 4.31. The van der Waals surface area contributed by atoms with Crippen molar-refractivity contribution in [3.63, 3.8) is 0 Å². The van der Waals surface area contributed by atoms with Gasteiger partial charge >= 0.3 is 0 Å². The Labute approximate surface area is 93.5 Å². The van der Waals surface area contributed by atoms with Crippen LogP contribution in [0, 0.1) is 5.92 Å². The average Bonchev–Trinajstić information content (AvgIpc) is 2.26. The van der Waals surface area contributed by atoms with Crippen molar-refractivity contribution in [2.75, 3.05) is 13.1 Å². The predicted octanol–water partition coefficient (Wildman–Crippen LogP) is 1.95. The number of alkyl halides is 2. The molecule has 1 saturated heterocycles. The molecule has 0 N–H and O–H groups in total. The zero-order valence-electron chi connectivity index (χ0n) is 9.24. The van der Waals surface area contributed by atoms with Crippen molar-refractivity contribution >= 4 is 0 Å². The Bertz CT molecular complexity index is 342. The molecule has 0 amide bonds. The highest BCUT2D eigenvalue weighted by molar-refractivity contribution is 4.91. The first-order valence-electron chi connectivity index (χ1n) is 5.44. The highest BCUT2D eigenvalue weighted by Crippen LogP contribution is 2.33. The monoisotopic (exact) mass is 227 g/mol. The van der Waals surface area contributed by atoms with Crippen molar-refractivity contribution in [1.29, 1.82) is 0 Å². The minimum Gasteiger partial charge on any atom is -0.295 e. The van der Waals surface area contributed by atoms with Crippen molar-refractivity contribution in [3.05, 3.63) is 24.3 Å². The topological polar surface area (TPSA) is 29.0 Å². The highest BCUT2D eigenvalue weighted by Gasteiger charge is 2.40. The molecule has 1 aromatic heterocycles. The Hall–Kier alpha value is -1.10. The quantitative estimate of drug-likeness (QED) is 0.773. The van der Waals surface area contributed by atoms with Crippen LogP contribution in [0.3, 0.4) is 0 Å². The SMILES string of the molecule is CC1CN(Cc2ncccn2)CCC1(F)F. The van der Waals surface area contributed by atoms with Gasteiger partial charge in [0.25, 0.3) is 5.92 Å². The van der Waals surface area contributed by atoms with Gasteiger partial charge in [-0.1, -0.05) is 6.92 Å². The lowest BCUT2D eigenvalue weighted by Gasteiger charge is -2.36. The van der Waals surface area contributed by atoms with Crippen LogP contribution < -0.4 is 0 Å². The van der Waals surface area contributed by atoms with E-state index in [1.54, 1.807) is 25.4 Å². The summed E-state index contributed by atoms with van der Waals surface area (Å²) in [5.41, 5.74) is 0. The predicted molar refractivity (Wildman–Crippen MR) is 56.0 cm³/mol. The minimum atomic E-state index is -2.52. The normalized spacial score (nSPS) is 25.6. The smallest absolute Gasteiger partial charge is 0.253 e. The zero-order valence-corrected chi connectivity index (χ0v) is 9.24. The standard InChI is InChI=1S/C11H15F2N3/c1-9-7-16(6-3-11(9,12)13)8-10-14-4-2-5-15-10/h2,4-5,9H,3,6-8H2,1H3. The summed E-state index contributed by atoms with van der Waals surface area (Å²) >= 11 is 0. The third-order valence-corrected chi connectivity index (χ3v) is 3.00. The van der Waals surface area contributed by atoms with Crippen LogP contribution in [-0.4, -0.2) is 33.9 Å². The molecule has 1 aliphatic heterocycles. The molecule has 3 nitrogen and oxygen atoms in total. The van der Waals surface area contributed by atoms with Gasteiger partial charge in [0.05, 0.1) is 6.54 Å². The second kappa shape index (κ2) is 4.41. The van der Waals surface area contributed by atoms with E-state index in [1.807, 2.05) is 4.90 Å². The summed E-state index contributed by atoms with van der Waals surface area (Å²) in [7, 11) is 0. The third-order valence-electron chi connectivity index (χ3n) is 3.00. The molecule has 0 saturated carbocycles. The molecule has 2 rings (SSSR count). The Morgan fingerprint density at radius 1 is 1.44 bits per heavy atom. The number of nitrogens with zero attached hydrogens (tertiary/aromatic N) is 3. The lowest BCUT2D eigenvalue weighted by molar-refractivity contribution is -0.101. The largest absolute Gasteiger partial charge is 0.295 e. The van der Waals surface area contributed by atoms with Crippen LogP contribution in [0.15, 0.2) is 18.5 Å². The molecule has 1 fully saturated rings. The summed E-state index contributed by atoms with van der Waals surface area (Å²) in [5, 5.41) is 0. The van der Waals surface area contributed by atoms with Gasteiger partial charge in [0.1, 0.15) is 5.82 Å². The van der Waals surface area contributed by atoms with Gasteiger partial charge in [0, 0.05) is 37.8 Å². The van der Waals surface area contributed by atoms with Crippen molar-refractivity contribution in [2.24, 2.45) is 5.92 Å². The molecule has 1 aliphatic rings. The molecule has 1 unspecified atom stereocenters. The number of halogens is 2. The van der Waals surface area contributed by atoms with Gasteiger partial charge < -0.3 is 0 Å². The van der Waals surface area contributed by atoms with Crippen LogP contribution in [-0.2, 0) is 6.54 Å². The van der Waals surface area contributed by atoms with Crippen LogP contribution in [0.25, 0.3) is 0 Å². The molecule has 0 aliphatic carbocycles. The summed E-state index contributed by atoms with van der Waals surface area (Å²) in [5.74, 6) is -2.42. The van der Waals surface area contributed by atoms with Crippen LogP contribution in [0.2, 0.25) is 0 Å². The number of piperidine rings is 1. The lowest BCUT2D eigenvalue weighted by atomic mass is 9.95. The third kappa shape index (κ3) is 2.52. The molecule has 1 aromatic rings. The number of likely N-dealkylation sites (tertiary alicyclic amines) is 1. The molecule has 0 aromatic carbocycles. The van der Waals surface area contributed by atoms with Crippen LogP contribution in [0.5, 0.6) is 0 Å². The van der Waals surface area contributed by atoms with Gasteiger partial charge in [-0.25, -0.2) is 18.7 Å². The molecule has 2 heterocycles. The molecule has 1 atom stereocenters. The lowest BCUT2D eigenvalue weighted by Crippen LogP contribution is -2.45. The van der Waals surface area contributed by atoms with Crippen molar-refractivity contribution in [1.82, 2.24) is 14.9 Å². The Morgan fingerprint density at radius 3 is 2.75 bits per heavy atom. The summed E-state index contributed by atoms with van der Waals surface area (Å²) < 4.78 is 26.5. The highest BCUT2D eigenvalue weighted by atomic mass is 19.3. The van der Waals surface area contributed by atoms with E-state index in [1.165, 1.54) is 0 Å². The molecule has 5 heteroatoms. The van der Waals surface area contributed by atoms with Crippen LogP contribution >= 0.6 is 0 Å². The molecule has 88 valence electrons. The van der Waals surface area contributed by atoms with E-state index in [9.17, 15) is 8.78 Å². The minimum absolute atomic E-state index is 0.0685. The van der Waals surface area contributed by atoms with Crippen molar-refractivity contribution in [2.45, 2.75) is 25.8 Å². The first-order chi connectivity index (χ1) is 7.58. The van der Waals surface area contributed by atoms with E-state index in [2.05, 4.69) is 9.97 Å². The fourth-order valence-corrected chi connectivity index (χ4v) is 1.92. The fraction of sp³-hybridized carbons (Fsp3) is 0.636. The fourth-order valence-electron chi connectivity index (χ4n) is 1.92. The van der Waals surface area contributed by atoms with Crippen LogP contribution in [0.4, 0.5) is 8.78 Å². The van der Waals surface area contributed by atoms with E-state index in [0.29, 0.717) is 25.5 Å². The average molecular weight is 227 g/mol. The first kappa shape index (κ1) is 11.4. The summed E-state index contributed by atoms with van der Waals surface area (Å²) in [4.78, 5) is 10.2. The summed E-state index contributed by atoms with van der Waals surface area (Å²) in [6.07, 6.45) is 3.27. The second-order valence-electron chi connectivity index (χ2n) is 4.31. The molecular weight excluding hydrogens is 212 g/mol. The van der Waals surface area contributed by atoms with E-state index in [4.69, 9.17) is 0 Å². The Kier molecular flexibility index (Phi) is 3.14. The first-order valence-corrected chi connectivity index (χ1v) is 5.44. The Morgan fingerprint density at radius 2 is 2.12 bits per heavy atom. The number of hydrogen-bond donors (Lipinski definition) is 0. The van der Waals surface area contributed by atoms with E-state index in [-0.39, 0.29) is 6.42 Å². The van der Waals surface area contributed by atoms with Gasteiger partial charge in [-0.2, -0.15) is 0 Å². The van der Waals surface area contributed by atoms with E-state index >= 15 is 0 Å². The van der Waals surface area contributed by atoms with Gasteiger partial charge in [0.2, 0.25) is 0 Å². The molecule has 0 spiro atoms. The maximum absolute atomic E-state index is 13.3. The van der Waals surface area contributed by atoms with Crippen molar-refractivity contribution < 1.29 is 8.78 Å². The number of aromatic nitrogens is 2. The van der Waals surface area contributed by atoms with Gasteiger partial charge in [0.15, 0.2) is 0 Å². The number of rotatable bonds is 2. The Balaban J connectivity index is 1.94. The van der Waals surface area contributed by atoms with Crippen molar-refractivity contribution in [3.8, 4) is 0 Å².